The summed E-state index contributed by atoms with van der Waals surface area (Å²) in [5, 5.41) is 0. The smallest absolute Gasteiger partial charge is 0.291 e. The van der Waals surface area contributed by atoms with Gasteiger partial charge < -0.3 is 0 Å². The standard InChI is InChI=1S/C11H11N3O2/c1-6-3-4-7(2)8(5-6)9-12-10(15)14-11(16)13-9/h3-5H,1-2H3,(H2,12,13,14,15,16). The average molecular weight is 217 g/mol. The van der Waals surface area contributed by atoms with E-state index in [9.17, 15) is 9.59 Å². The zero-order valence-electron chi connectivity index (χ0n) is 9.00. The van der Waals surface area contributed by atoms with Gasteiger partial charge in [0.25, 0.3) is 0 Å². The van der Waals surface area contributed by atoms with Crippen LogP contribution in [0.25, 0.3) is 11.4 Å². The van der Waals surface area contributed by atoms with Gasteiger partial charge in [-0.15, -0.1) is 0 Å². The van der Waals surface area contributed by atoms with Crippen LogP contribution in [0.1, 0.15) is 11.1 Å². The minimum atomic E-state index is -0.639. The SMILES string of the molecule is Cc1ccc(C)c(-c2nc(=O)[nH]c(=O)[nH]2)c1. The third kappa shape index (κ3) is 1.93. The van der Waals surface area contributed by atoms with E-state index in [1.54, 1.807) is 0 Å². The van der Waals surface area contributed by atoms with Crippen LogP contribution in [0.15, 0.2) is 27.8 Å². The minimum absolute atomic E-state index is 0.301. The molecule has 1 aromatic carbocycles. The summed E-state index contributed by atoms with van der Waals surface area (Å²) in [6, 6.07) is 5.77. The highest BCUT2D eigenvalue weighted by Gasteiger charge is 2.05. The van der Waals surface area contributed by atoms with Crippen molar-refractivity contribution in [1.29, 1.82) is 0 Å². The lowest BCUT2D eigenvalue weighted by Gasteiger charge is -2.04. The zero-order chi connectivity index (χ0) is 11.7. The molecule has 0 fully saturated rings. The van der Waals surface area contributed by atoms with Crippen LogP contribution in [0.5, 0.6) is 0 Å². The van der Waals surface area contributed by atoms with Crippen LogP contribution in [0.3, 0.4) is 0 Å². The normalized spacial score (nSPS) is 10.4. The van der Waals surface area contributed by atoms with Crippen molar-refractivity contribution < 1.29 is 0 Å². The van der Waals surface area contributed by atoms with Crippen LogP contribution in [-0.2, 0) is 0 Å². The second-order valence-corrected chi connectivity index (χ2v) is 3.66. The summed E-state index contributed by atoms with van der Waals surface area (Å²) in [6.45, 7) is 3.84. The Morgan fingerprint density at radius 3 is 2.56 bits per heavy atom. The van der Waals surface area contributed by atoms with Gasteiger partial charge in [0.05, 0.1) is 0 Å². The first-order valence-corrected chi connectivity index (χ1v) is 4.84. The largest absolute Gasteiger partial charge is 0.351 e. The predicted molar refractivity (Wildman–Crippen MR) is 60.4 cm³/mol. The number of hydrogen-bond acceptors (Lipinski definition) is 3. The van der Waals surface area contributed by atoms with Gasteiger partial charge in [-0.2, -0.15) is 4.98 Å². The molecule has 1 heterocycles. The Kier molecular flexibility index (Phi) is 2.44. The molecule has 0 unspecified atom stereocenters. The van der Waals surface area contributed by atoms with E-state index in [1.165, 1.54) is 0 Å². The number of benzene rings is 1. The summed E-state index contributed by atoms with van der Waals surface area (Å²) in [5.74, 6) is 0.301. The Morgan fingerprint density at radius 1 is 1.12 bits per heavy atom. The molecule has 0 saturated heterocycles. The molecule has 0 aliphatic rings. The molecule has 0 aliphatic carbocycles. The van der Waals surface area contributed by atoms with Gasteiger partial charge in [-0.25, -0.2) is 9.59 Å². The van der Waals surface area contributed by atoms with Crippen molar-refractivity contribution in [2.24, 2.45) is 0 Å². The maximum atomic E-state index is 11.1. The van der Waals surface area contributed by atoms with Crippen LogP contribution in [-0.4, -0.2) is 15.0 Å². The number of aromatic nitrogens is 3. The lowest BCUT2D eigenvalue weighted by molar-refractivity contribution is 0.941. The lowest BCUT2D eigenvalue weighted by Crippen LogP contribution is -2.25. The van der Waals surface area contributed by atoms with E-state index in [1.807, 2.05) is 37.0 Å². The maximum Gasteiger partial charge on any atom is 0.351 e. The van der Waals surface area contributed by atoms with E-state index in [2.05, 4.69) is 9.97 Å². The van der Waals surface area contributed by atoms with Gasteiger partial charge in [-0.3, -0.25) is 9.97 Å². The third-order valence-corrected chi connectivity index (χ3v) is 2.31. The molecule has 0 atom stereocenters. The highest BCUT2D eigenvalue weighted by molar-refractivity contribution is 5.60. The van der Waals surface area contributed by atoms with Crippen LogP contribution < -0.4 is 11.4 Å². The molecule has 5 heteroatoms. The van der Waals surface area contributed by atoms with Gasteiger partial charge in [0.1, 0.15) is 5.82 Å². The monoisotopic (exact) mass is 217 g/mol. The van der Waals surface area contributed by atoms with Crippen LogP contribution in [0, 0.1) is 13.8 Å². The molecule has 0 amide bonds. The molecule has 0 radical (unpaired) electrons. The number of nitrogens with zero attached hydrogens (tertiary/aromatic N) is 1. The van der Waals surface area contributed by atoms with Crippen LogP contribution in [0.2, 0.25) is 0 Å². The molecule has 0 aliphatic heterocycles. The Balaban J connectivity index is 2.71. The van der Waals surface area contributed by atoms with Crippen molar-refractivity contribution in [3.8, 4) is 11.4 Å². The highest BCUT2D eigenvalue weighted by atomic mass is 16.2. The molecule has 5 nitrogen and oxygen atoms in total. The minimum Gasteiger partial charge on any atom is -0.291 e. The van der Waals surface area contributed by atoms with Gasteiger partial charge in [0.15, 0.2) is 0 Å². The number of aryl methyl sites for hydroxylation is 2. The summed E-state index contributed by atoms with van der Waals surface area (Å²) >= 11 is 0. The van der Waals surface area contributed by atoms with Crippen LogP contribution in [0.4, 0.5) is 0 Å². The quantitative estimate of drug-likeness (QED) is 0.739. The second kappa shape index (κ2) is 3.77. The van der Waals surface area contributed by atoms with Gasteiger partial charge in [0.2, 0.25) is 0 Å². The predicted octanol–water partition coefficient (Wildman–Crippen LogP) is 0.742. The van der Waals surface area contributed by atoms with E-state index in [-0.39, 0.29) is 0 Å². The molecule has 82 valence electrons. The van der Waals surface area contributed by atoms with E-state index < -0.39 is 11.4 Å². The van der Waals surface area contributed by atoms with Crippen LogP contribution >= 0.6 is 0 Å². The summed E-state index contributed by atoms with van der Waals surface area (Å²) in [4.78, 5) is 30.5. The number of rotatable bonds is 1. The average Bonchev–Trinajstić information content (AvgIpc) is 2.20. The first kappa shape index (κ1) is 10.4. The van der Waals surface area contributed by atoms with E-state index in [4.69, 9.17) is 0 Å². The molecule has 16 heavy (non-hydrogen) atoms. The van der Waals surface area contributed by atoms with Gasteiger partial charge in [-0.1, -0.05) is 17.7 Å². The summed E-state index contributed by atoms with van der Waals surface area (Å²) in [5.41, 5.74) is 1.58. The van der Waals surface area contributed by atoms with Crippen molar-refractivity contribution in [1.82, 2.24) is 15.0 Å². The lowest BCUT2D eigenvalue weighted by atomic mass is 10.1. The number of hydrogen-bond donors (Lipinski definition) is 2. The molecule has 2 rings (SSSR count). The van der Waals surface area contributed by atoms with Crippen molar-refractivity contribution >= 4 is 0 Å². The van der Waals surface area contributed by atoms with E-state index in [0.29, 0.717) is 5.82 Å². The molecule has 0 bridgehead atoms. The third-order valence-electron chi connectivity index (χ3n) is 2.31. The molecule has 0 saturated carbocycles. The highest BCUT2D eigenvalue weighted by Crippen LogP contribution is 2.19. The molecular formula is C11H11N3O2. The van der Waals surface area contributed by atoms with Gasteiger partial charge >= 0.3 is 11.4 Å². The Hall–Kier alpha value is -2.17. The van der Waals surface area contributed by atoms with Crippen molar-refractivity contribution in [2.75, 3.05) is 0 Å². The van der Waals surface area contributed by atoms with E-state index >= 15 is 0 Å². The topological polar surface area (TPSA) is 78.6 Å². The number of H-pyrrole nitrogens is 2. The van der Waals surface area contributed by atoms with E-state index in [0.717, 1.165) is 16.7 Å². The van der Waals surface area contributed by atoms with Gasteiger partial charge in [-0.05, 0) is 25.5 Å². The number of nitrogens with one attached hydrogen (secondary N) is 2. The maximum absolute atomic E-state index is 11.1. The van der Waals surface area contributed by atoms with Crippen molar-refractivity contribution in [3.05, 3.63) is 50.3 Å². The molecular weight excluding hydrogens is 206 g/mol. The fourth-order valence-electron chi connectivity index (χ4n) is 1.51. The molecule has 2 aromatic rings. The molecule has 2 N–H and O–H groups in total. The molecule has 1 aromatic heterocycles. The fourth-order valence-corrected chi connectivity index (χ4v) is 1.51. The van der Waals surface area contributed by atoms with Crippen molar-refractivity contribution in [2.45, 2.75) is 13.8 Å². The summed E-state index contributed by atoms with van der Waals surface area (Å²) in [7, 11) is 0. The Morgan fingerprint density at radius 2 is 1.88 bits per heavy atom. The fraction of sp³-hybridized carbons (Fsp3) is 0.182. The Bertz CT molecular complexity index is 612. The summed E-state index contributed by atoms with van der Waals surface area (Å²) < 4.78 is 0. The van der Waals surface area contributed by atoms with Crippen molar-refractivity contribution in [3.63, 3.8) is 0 Å². The first-order valence-electron chi connectivity index (χ1n) is 4.84. The Labute approximate surface area is 91.2 Å². The second-order valence-electron chi connectivity index (χ2n) is 3.66. The number of aromatic amines is 2. The molecule has 0 spiro atoms. The summed E-state index contributed by atoms with van der Waals surface area (Å²) in [6.07, 6.45) is 0. The first-order chi connectivity index (χ1) is 7.56. The zero-order valence-corrected chi connectivity index (χ0v) is 9.00. The van der Waals surface area contributed by atoms with Gasteiger partial charge in [0, 0.05) is 5.56 Å².